The Morgan fingerprint density at radius 1 is 0.242 bits per heavy atom. The minimum atomic E-state index is 1.30. The average Bonchev–Trinajstić information content (AvgIpc) is 2.83. The molecule has 0 nitrogen and oxygen atoms in total. The fraction of sp³-hybridized carbons (Fsp3) is 0.939. The normalized spacial score (nSPS) is 11.7. The predicted octanol–water partition coefficient (Wildman–Crippen LogP) is 12.9. The van der Waals surface area contributed by atoms with Crippen molar-refractivity contribution in [1.29, 1.82) is 0 Å². The van der Waals surface area contributed by atoms with Crippen molar-refractivity contribution in [1.82, 2.24) is 0 Å². The zero-order chi connectivity index (χ0) is 23.9. The van der Waals surface area contributed by atoms with Crippen molar-refractivity contribution >= 4 is 0 Å². The van der Waals surface area contributed by atoms with Gasteiger partial charge in [0.05, 0.1) is 0 Å². The second-order valence-electron chi connectivity index (χ2n) is 10.9. The van der Waals surface area contributed by atoms with Crippen molar-refractivity contribution in [3.63, 3.8) is 0 Å². The molecular formula is C33H66. The van der Waals surface area contributed by atoms with Gasteiger partial charge in [0.1, 0.15) is 0 Å². The standard InChI is InChI=1S/C33H66/c1-3-5-7-9-11-13-15-17-19-21-23-25-27-29-31-33-32-30-28-26-24-22-20-18-16-14-12-10-8-6-4-2/h13,15H,3-12,14,16-33H2,1-2H3/b15-13+. The van der Waals surface area contributed by atoms with Gasteiger partial charge in [-0.15, -0.1) is 0 Å². The van der Waals surface area contributed by atoms with Crippen LogP contribution in [0.25, 0.3) is 0 Å². The minimum Gasteiger partial charge on any atom is -0.0885 e. The van der Waals surface area contributed by atoms with Crippen LogP contribution in [0.4, 0.5) is 0 Å². The van der Waals surface area contributed by atoms with Gasteiger partial charge in [-0.2, -0.15) is 0 Å². The molecule has 0 radical (unpaired) electrons. The molecule has 0 N–H and O–H groups in total. The molecule has 0 aromatic heterocycles. The van der Waals surface area contributed by atoms with Gasteiger partial charge < -0.3 is 0 Å². The summed E-state index contributed by atoms with van der Waals surface area (Å²) < 4.78 is 0. The van der Waals surface area contributed by atoms with E-state index in [2.05, 4.69) is 26.0 Å². The lowest BCUT2D eigenvalue weighted by Crippen LogP contribution is -1.84. The monoisotopic (exact) mass is 463 g/mol. The predicted molar refractivity (Wildman–Crippen MR) is 154 cm³/mol. The summed E-state index contributed by atoms with van der Waals surface area (Å²) in [6.45, 7) is 4.59. The molecule has 0 aliphatic heterocycles. The largest absolute Gasteiger partial charge is 0.0885 e. The first-order valence-corrected chi connectivity index (χ1v) is 16.1. The van der Waals surface area contributed by atoms with Gasteiger partial charge in [0.2, 0.25) is 0 Å². The van der Waals surface area contributed by atoms with Crippen LogP contribution in [0.15, 0.2) is 12.2 Å². The van der Waals surface area contributed by atoms with Gasteiger partial charge in [-0.3, -0.25) is 0 Å². The number of rotatable bonds is 29. The smallest absolute Gasteiger partial charge is 0.0351 e. The lowest BCUT2D eigenvalue weighted by atomic mass is 10.0. The van der Waals surface area contributed by atoms with Gasteiger partial charge in [0.25, 0.3) is 0 Å². The lowest BCUT2D eigenvalue weighted by molar-refractivity contribution is 0.518. The molecule has 0 saturated carbocycles. The minimum absolute atomic E-state index is 1.30. The quantitative estimate of drug-likeness (QED) is 0.0765. The Morgan fingerprint density at radius 3 is 0.667 bits per heavy atom. The van der Waals surface area contributed by atoms with Crippen LogP contribution in [0.2, 0.25) is 0 Å². The van der Waals surface area contributed by atoms with Crippen molar-refractivity contribution in [3.05, 3.63) is 12.2 Å². The van der Waals surface area contributed by atoms with Gasteiger partial charge in [-0.1, -0.05) is 187 Å². The average molecular weight is 463 g/mol. The van der Waals surface area contributed by atoms with E-state index in [9.17, 15) is 0 Å². The summed E-state index contributed by atoms with van der Waals surface area (Å²) in [5, 5.41) is 0. The zero-order valence-electron chi connectivity index (χ0n) is 23.7. The van der Waals surface area contributed by atoms with Crippen LogP contribution in [-0.4, -0.2) is 0 Å². The number of hydrogen-bond donors (Lipinski definition) is 0. The van der Waals surface area contributed by atoms with Crippen molar-refractivity contribution in [2.24, 2.45) is 0 Å². The highest BCUT2D eigenvalue weighted by Gasteiger charge is 1.96. The van der Waals surface area contributed by atoms with Crippen LogP contribution in [-0.2, 0) is 0 Å². The van der Waals surface area contributed by atoms with Crippen LogP contribution >= 0.6 is 0 Å². The van der Waals surface area contributed by atoms with E-state index in [0.717, 1.165) is 0 Å². The van der Waals surface area contributed by atoms with Crippen molar-refractivity contribution in [3.8, 4) is 0 Å². The Bertz CT molecular complexity index is 342. The highest BCUT2D eigenvalue weighted by molar-refractivity contribution is 4.81. The molecule has 0 aromatic carbocycles. The molecule has 33 heavy (non-hydrogen) atoms. The summed E-state index contributed by atoms with van der Waals surface area (Å²) in [5.74, 6) is 0. The van der Waals surface area contributed by atoms with Crippen LogP contribution in [0.3, 0.4) is 0 Å². The maximum atomic E-state index is 2.43. The first kappa shape index (κ1) is 32.7. The summed E-state index contributed by atoms with van der Waals surface area (Å²) in [6, 6.07) is 0. The van der Waals surface area contributed by atoms with E-state index in [1.165, 1.54) is 186 Å². The third-order valence-electron chi connectivity index (χ3n) is 7.37. The van der Waals surface area contributed by atoms with Gasteiger partial charge in [0, 0.05) is 0 Å². The van der Waals surface area contributed by atoms with E-state index < -0.39 is 0 Å². The van der Waals surface area contributed by atoms with Crippen LogP contribution in [0, 0.1) is 0 Å². The molecule has 198 valence electrons. The molecule has 0 atom stereocenters. The molecule has 0 aromatic rings. The molecular weight excluding hydrogens is 396 g/mol. The molecule has 0 unspecified atom stereocenters. The molecule has 0 amide bonds. The third kappa shape index (κ3) is 31.7. The molecule has 0 bridgehead atoms. The topological polar surface area (TPSA) is 0 Å². The summed E-state index contributed by atoms with van der Waals surface area (Å²) in [6.07, 6.45) is 46.9. The van der Waals surface area contributed by atoms with Crippen molar-refractivity contribution < 1.29 is 0 Å². The molecule has 0 rings (SSSR count). The fourth-order valence-electron chi connectivity index (χ4n) is 4.97. The van der Waals surface area contributed by atoms with E-state index in [-0.39, 0.29) is 0 Å². The Hall–Kier alpha value is -0.260. The van der Waals surface area contributed by atoms with Gasteiger partial charge in [-0.05, 0) is 25.7 Å². The highest BCUT2D eigenvalue weighted by atomic mass is 14.0. The van der Waals surface area contributed by atoms with Crippen LogP contribution in [0.1, 0.15) is 200 Å². The molecule has 0 aliphatic rings. The Morgan fingerprint density at radius 2 is 0.424 bits per heavy atom. The lowest BCUT2D eigenvalue weighted by Gasteiger charge is -2.04. The van der Waals surface area contributed by atoms with Gasteiger partial charge in [-0.25, -0.2) is 0 Å². The summed E-state index contributed by atoms with van der Waals surface area (Å²) >= 11 is 0. The summed E-state index contributed by atoms with van der Waals surface area (Å²) in [7, 11) is 0. The number of allylic oxidation sites excluding steroid dienone is 2. The first-order chi connectivity index (χ1) is 16.4. The first-order valence-electron chi connectivity index (χ1n) is 16.1. The fourth-order valence-corrected chi connectivity index (χ4v) is 4.97. The number of hydrogen-bond acceptors (Lipinski definition) is 0. The van der Waals surface area contributed by atoms with E-state index in [1.807, 2.05) is 0 Å². The summed E-state index contributed by atoms with van der Waals surface area (Å²) in [4.78, 5) is 0. The summed E-state index contributed by atoms with van der Waals surface area (Å²) in [5.41, 5.74) is 0. The number of unbranched alkanes of at least 4 members (excludes halogenated alkanes) is 27. The molecule has 0 aliphatic carbocycles. The van der Waals surface area contributed by atoms with E-state index >= 15 is 0 Å². The van der Waals surface area contributed by atoms with Crippen LogP contribution < -0.4 is 0 Å². The highest BCUT2D eigenvalue weighted by Crippen LogP contribution is 2.15. The van der Waals surface area contributed by atoms with Gasteiger partial charge in [0.15, 0.2) is 0 Å². The molecule has 0 heteroatoms. The Balaban J connectivity index is 3.03. The SMILES string of the molecule is CCCCCC/C=C/CCCCCCCCCCCCCCCCCCCCCCCCC. The van der Waals surface area contributed by atoms with Crippen molar-refractivity contribution in [2.75, 3.05) is 0 Å². The molecule has 0 spiro atoms. The van der Waals surface area contributed by atoms with Crippen molar-refractivity contribution in [2.45, 2.75) is 200 Å². The van der Waals surface area contributed by atoms with Crippen LogP contribution in [0.5, 0.6) is 0 Å². The second-order valence-corrected chi connectivity index (χ2v) is 10.9. The second kappa shape index (κ2) is 31.7. The third-order valence-corrected chi connectivity index (χ3v) is 7.37. The van der Waals surface area contributed by atoms with Gasteiger partial charge >= 0.3 is 0 Å². The molecule has 0 saturated heterocycles. The van der Waals surface area contributed by atoms with E-state index in [0.29, 0.717) is 0 Å². The Labute approximate surface area is 212 Å². The maximum Gasteiger partial charge on any atom is -0.0351 e. The van der Waals surface area contributed by atoms with E-state index in [1.54, 1.807) is 0 Å². The molecule has 0 heterocycles. The zero-order valence-corrected chi connectivity index (χ0v) is 23.7. The Kier molecular flexibility index (Phi) is 31.5. The maximum absolute atomic E-state index is 2.43. The van der Waals surface area contributed by atoms with E-state index in [4.69, 9.17) is 0 Å². The molecule has 0 fully saturated rings.